The first-order valence-electron chi connectivity index (χ1n) is 8.08. The van der Waals surface area contributed by atoms with Crippen LogP contribution in [0.3, 0.4) is 0 Å². The summed E-state index contributed by atoms with van der Waals surface area (Å²) in [5.41, 5.74) is -0.349. The molecule has 1 aromatic heterocycles. The summed E-state index contributed by atoms with van der Waals surface area (Å²) in [5, 5.41) is 9.77. The van der Waals surface area contributed by atoms with Gasteiger partial charge in [-0.1, -0.05) is 6.07 Å². The van der Waals surface area contributed by atoms with Crippen molar-refractivity contribution in [1.29, 1.82) is 0 Å². The fourth-order valence-electron chi connectivity index (χ4n) is 3.22. The summed E-state index contributed by atoms with van der Waals surface area (Å²) in [5.74, 6) is -1.82. The third-order valence-corrected chi connectivity index (χ3v) is 4.53. The van der Waals surface area contributed by atoms with Crippen LogP contribution in [0.15, 0.2) is 30.6 Å². The maximum Gasteiger partial charge on any atom is 0.416 e. The molecule has 1 amide bonds. The lowest BCUT2D eigenvalue weighted by Crippen LogP contribution is -2.34. The molecule has 10 heteroatoms. The van der Waals surface area contributed by atoms with Gasteiger partial charge in [-0.2, -0.15) is 18.3 Å². The van der Waals surface area contributed by atoms with Gasteiger partial charge >= 0.3 is 6.18 Å². The van der Waals surface area contributed by atoms with Crippen LogP contribution in [-0.2, 0) is 24.6 Å². The first-order chi connectivity index (χ1) is 12.3. The number of aryl methyl sites for hydroxylation is 1. The fourth-order valence-corrected chi connectivity index (χ4v) is 3.22. The third kappa shape index (κ3) is 4.78. The molecular formula is C17H19ClF4N4O. The van der Waals surface area contributed by atoms with E-state index in [4.69, 9.17) is 0 Å². The van der Waals surface area contributed by atoms with E-state index in [1.54, 1.807) is 17.9 Å². The van der Waals surface area contributed by atoms with E-state index in [1.165, 1.54) is 0 Å². The Balaban J connectivity index is 0.00000261. The molecule has 2 N–H and O–H groups in total. The quantitative estimate of drug-likeness (QED) is 0.767. The van der Waals surface area contributed by atoms with Crippen molar-refractivity contribution < 1.29 is 22.4 Å². The molecule has 1 aromatic carbocycles. The Morgan fingerprint density at radius 3 is 2.74 bits per heavy atom. The van der Waals surface area contributed by atoms with Crippen molar-refractivity contribution in [3.8, 4) is 0 Å². The predicted molar refractivity (Wildman–Crippen MR) is 92.8 cm³/mol. The Morgan fingerprint density at radius 1 is 1.37 bits per heavy atom. The number of hydrogen-bond donors (Lipinski definition) is 2. The van der Waals surface area contributed by atoms with Crippen LogP contribution in [0.1, 0.15) is 22.6 Å². The summed E-state index contributed by atoms with van der Waals surface area (Å²) in [6.45, 7) is 0.708. The van der Waals surface area contributed by atoms with E-state index in [9.17, 15) is 22.4 Å². The topological polar surface area (TPSA) is 59.0 Å². The van der Waals surface area contributed by atoms with Crippen molar-refractivity contribution in [1.82, 2.24) is 20.4 Å². The number of alkyl halides is 3. The highest BCUT2D eigenvalue weighted by Gasteiger charge is 2.36. The molecule has 0 aliphatic carbocycles. The second-order valence-electron chi connectivity index (χ2n) is 6.34. The van der Waals surface area contributed by atoms with Crippen LogP contribution in [0.25, 0.3) is 0 Å². The second kappa shape index (κ2) is 8.26. The molecule has 3 rings (SSSR count). The molecule has 5 nitrogen and oxygen atoms in total. The van der Waals surface area contributed by atoms with E-state index in [0.29, 0.717) is 19.2 Å². The van der Waals surface area contributed by atoms with E-state index >= 15 is 0 Å². The summed E-state index contributed by atoms with van der Waals surface area (Å²) < 4.78 is 53.9. The molecule has 1 aliphatic rings. The van der Waals surface area contributed by atoms with Crippen molar-refractivity contribution in [2.75, 3.05) is 13.1 Å². The van der Waals surface area contributed by atoms with Crippen LogP contribution in [0.5, 0.6) is 0 Å². The predicted octanol–water partition coefficient (Wildman–Crippen LogP) is 2.62. The van der Waals surface area contributed by atoms with Gasteiger partial charge in [-0.3, -0.25) is 9.48 Å². The van der Waals surface area contributed by atoms with E-state index in [0.717, 1.165) is 17.7 Å². The van der Waals surface area contributed by atoms with Gasteiger partial charge in [0.15, 0.2) is 0 Å². The molecule has 0 bridgehead atoms. The first kappa shape index (κ1) is 21.2. The minimum Gasteiger partial charge on any atom is -0.352 e. The van der Waals surface area contributed by atoms with Crippen LogP contribution in [0.2, 0.25) is 0 Å². The molecule has 0 radical (unpaired) electrons. The van der Waals surface area contributed by atoms with Gasteiger partial charge in [0.1, 0.15) is 5.82 Å². The summed E-state index contributed by atoms with van der Waals surface area (Å²) in [6, 6.07) is 2.44. The number of nitrogens with one attached hydrogen (secondary N) is 2. The number of carbonyl (C=O) groups excluding carboxylic acids is 1. The van der Waals surface area contributed by atoms with E-state index in [1.807, 2.05) is 6.20 Å². The molecule has 27 heavy (non-hydrogen) atoms. The molecule has 2 aromatic rings. The van der Waals surface area contributed by atoms with Gasteiger partial charge in [0.2, 0.25) is 5.91 Å². The van der Waals surface area contributed by atoms with Crippen molar-refractivity contribution in [2.45, 2.75) is 18.6 Å². The highest BCUT2D eigenvalue weighted by atomic mass is 35.5. The SMILES string of the molecule is Cl.Cn1cc([C@H]2CNC[C@@H]2C(=O)NCc2ccc(F)cc2C(F)(F)F)cn1. The molecule has 1 fully saturated rings. The zero-order chi connectivity index (χ0) is 18.9. The minimum absolute atomic E-state index is 0. The van der Waals surface area contributed by atoms with Gasteiger partial charge in [0.05, 0.1) is 17.7 Å². The van der Waals surface area contributed by atoms with Crippen LogP contribution in [-0.4, -0.2) is 28.8 Å². The van der Waals surface area contributed by atoms with Gasteiger partial charge in [-0.15, -0.1) is 12.4 Å². The van der Waals surface area contributed by atoms with E-state index < -0.39 is 23.5 Å². The summed E-state index contributed by atoms with van der Waals surface area (Å²) in [4.78, 5) is 12.5. The Morgan fingerprint density at radius 2 is 2.11 bits per heavy atom. The van der Waals surface area contributed by atoms with Gasteiger partial charge in [0.25, 0.3) is 0 Å². The molecule has 148 valence electrons. The van der Waals surface area contributed by atoms with Crippen LogP contribution in [0, 0.1) is 11.7 Å². The number of halogens is 5. The minimum atomic E-state index is -4.69. The normalized spacial score (nSPS) is 19.6. The number of aromatic nitrogens is 2. The number of nitrogens with zero attached hydrogens (tertiary/aromatic N) is 2. The lowest BCUT2D eigenvalue weighted by Gasteiger charge is -2.18. The number of rotatable bonds is 4. The average molecular weight is 407 g/mol. The zero-order valence-electron chi connectivity index (χ0n) is 14.4. The summed E-state index contributed by atoms with van der Waals surface area (Å²) in [6.07, 6.45) is -1.19. The Hall–Kier alpha value is -2.13. The van der Waals surface area contributed by atoms with Gasteiger partial charge in [-0.25, -0.2) is 4.39 Å². The highest BCUT2D eigenvalue weighted by Crippen LogP contribution is 2.33. The molecule has 0 saturated carbocycles. The number of amides is 1. The Kier molecular flexibility index (Phi) is 6.48. The van der Waals surface area contributed by atoms with Crippen molar-refractivity contribution in [2.24, 2.45) is 13.0 Å². The summed E-state index contributed by atoms with van der Waals surface area (Å²) in [7, 11) is 1.77. The van der Waals surface area contributed by atoms with Crippen molar-refractivity contribution in [3.63, 3.8) is 0 Å². The second-order valence-corrected chi connectivity index (χ2v) is 6.34. The Labute approximate surface area is 159 Å². The standard InChI is InChI=1S/C17H18F4N4O.ClH/c1-25-9-11(6-24-25)13-7-22-8-14(13)16(26)23-5-10-2-3-12(18)4-15(10)17(19,20)21;/h2-4,6,9,13-14,22H,5,7-8H2,1H3,(H,23,26);1H/t13-,14+;/m1./s1. The van der Waals surface area contributed by atoms with Crippen molar-refractivity contribution >= 4 is 18.3 Å². The van der Waals surface area contributed by atoms with Gasteiger partial charge in [0, 0.05) is 38.8 Å². The molecule has 0 spiro atoms. The molecule has 1 aliphatic heterocycles. The van der Waals surface area contributed by atoms with Crippen molar-refractivity contribution in [3.05, 3.63) is 53.1 Å². The van der Waals surface area contributed by atoms with Gasteiger partial charge in [-0.05, 0) is 23.3 Å². The lowest BCUT2D eigenvalue weighted by atomic mass is 9.90. The molecule has 2 atom stereocenters. The highest BCUT2D eigenvalue weighted by molar-refractivity contribution is 5.85. The summed E-state index contributed by atoms with van der Waals surface area (Å²) >= 11 is 0. The van der Waals surface area contributed by atoms with Crippen LogP contribution in [0.4, 0.5) is 17.6 Å². The molecular weight excluding hydrogens is 388 g/mol. The van der Waals surface area contributed by atoms with Gasteiger partial charge < -0.3 is 10.6 Å². The molecule has 2 heterocycles. The van der Waals surface area contributed by atoms with Crippen LogP contribution < -0.4 is 10.6 Å². The van der Waals surface area contributed by atoms with E-state index in [2.05, 4.69) is 15.7 Å². The maximum absolute atomic E-state index is 13.2. The molecule has 1 saturated heterocycles. The monoisotopic (exact) mass is 406 g/mol. The number of benzene rings is 1. The maximum atomic E-state index is 13.2. The number of hydrogen-bond acceptors (Lipinski definition) is 3. The molecule has 0 unspecified atom stereocenters. The fraction of sp³-hybridized carbons (Fsp3) is 0.412. The Bertz CT molecular complexity index is 808. The number of carbonyl (C=O) groups is 1. The first-order valence-corrected chi connectivity index (χ1v) is 8.08. The zero-order valence-corrected chi connectivity index (χ0v) is 15.2. The third-order valence-electron chi connectivity index (χ3n) is 4.53. The van der Waals surface area contributed by atoms with Crippen LogP contribution >= 0.6 is 12.4 Å². The lowest BCUT2D eigenvalue weighted by molar-refractivity contribution is -0.138. The largest absolute Gasteiger partial charge is 0.416 e. The van der Waals surface area contributed by atoms with E-state index in [-0.39, 0.29) is 36.3 Å². The average Bonchev–Trinajstić information content (AvgIpc) is 3.21. The smallest absolute Gasteiger partial charge is 0.352 e.